The van der Waals surface area contributed by atoms with Gasteiger partial charge >= 0.3 is 0 Å². The first kappa shape index (κ1) is 12.8. The molecule has 5 heteroatoms. The molecule has 2 rings (SSSR count). The molecule has 1 heterocycles. The van der Waals surface area contributed by atoms with E-state index in [-0.39, 0.29) is 11.7 Å². The molecular formula is C13H10ClNO2S. The first-order valence-corrected chi connectivity index (χ1v) is 6.43. The van der Waals surface area contributed by atoms with Gasteiger partial charge in [-0.25, -0.2) is 0 Å². The molecule has 3 nitrogen and oxygen atoms in total. The van der Waals surface area contributed by atoms with Crippen LogP contribution in [0, 0.1) is 0 Å². The average molecular weight is 280 g/mol. The molecule has 0 saturated carbocycles. The number of rotatable bonds is 3. The highest BCUT2D eigenvalue weighted by Gasteiger charge is 2.09. The van der Waals surface area contributed by atoms with Crippen LogP contribution in [0.4, 0.5) is 5.69 Å². The third kappa shape index (κ3) is 2.97. The fourth-order valence-corrected chi connectivity index (χ4v) is 2.38. The van der Waals surface area contributed by atoms with Crippen LogP contribution in [0.3, 0.4) is 0 Å². The van der Waals surface area contributed by atoms with Gasteiger partial charge in [0.1, 0.15) is 0 Å². The van der Waals surface area contributed by atoms with Crippen molar-refractivity contribution in [2.24, 2.45) is 0 Å². The van der Waals surface area contributed by atoms with Crippen LogP contribution in [0.25, 0.3) is 0 Å². The SMILES string of the molecule is CC(=O)c1cccc(NC(=O)c2ccc(Cl)s2)c1. The summed E-state index contributed by atoms with van der Waals surface area (Å²) >= 11 is 6.98. The minimum absolute atomic E-state index is 0.0368. The molecule has 2 aromatic rings. The summed E-state index contributed by atoms with van der Waals surface area (Å²) in [6.07, 6.45) is 0. The molecule has 1 amide bonds. The van der Waals surface area contributed by atoms with E-state index in [1.165, 1.54) is 18.3 Å². The fraction of sp³-hybridized carbons (Fsp3) is 0.0769. The quantitative estimate of drug-likeness (QED) is 0.867. The molecule has 0 radical (unpaired) electrons. The smallest absolute Gasteiger partial charge is 0.265 e. The van der Waals surface area contributed by atoms with Crippen LogP contribution >= 0.6 is 22.9 Å². The Hall–Kier alpha value is -1.65. The third-order valence-electron chi connectivity index (χ3n) is 2.32. The Morgan fingerprint density at radius 3 is 2.61 bits per heavy atom. The first-order valence-electron chi connectivity index (χ1n) is 5.24. The van der Waals surface area contributed by atoms with Gasteiger partial charge in [-0.3, -0.25) is 9.59 Å². The van der Waals surface area contributed by atoms with Crippen LogP contribution in [0.1, 0.15) is 27.0 Å². The Kier molecular flexibility index (Phi) is 3.79. The molecule has 0 aliphatic carbocycles. The first-order chi connectivity index (χ1) is 8.56. The lowest BCUT2D eigenvalue weighted by molar-refractivity contribution is 0.101. The van der Waals surface area contributed by atoms with Crippen LogP contribution in [0.15, 0.2) is 36.4 Å². The van der Waals surface area contributed by atoms with Crippen LogP contribution in [-0.2, 0) is 0 Å². The van der Waals surface area contributed by atoms with Gasteiger partial charge in [-0.1, -0.05) is 23.7 Å². The number of Topliss-reactive ketones (excluding diaryl/α,β-unsaturated/α-hetero) is 1. The zero-order chi connectivity index (χ0) is 13.1. The monoisotopic (exact) mass is 279 g/mol. The predicted molar refractivity (Wildman–Crippen MR) is 73.7 cm³/mol. The number of halogens is 1. The van der Waals surface area contributed by atoms with E-state index in [1.54, 1.807) is 36.4 Å². The summed E-state index contributed by atoms with van der Waals surface area (Å²) < 4.78 is 0.567. The summed E-state index contributed by atoms with van der Waals surface area (Å²) in [7, 11) is 0. The fourth-order valence-electron chi connectivity index (χ4n) is 1.44. The number of nitrogens with one attached hydrogen (secondary N) is 1. The minimum Gasteiger partial charge on any atom is -0.321 e. The maximum absolute atomic E-state index is 11.9. The van der Waals surface area contributed by atoms with Crippen molar-refractivity contribution in [1.29, 1.82) is 0 Å². The van der Waals surface area contributed by atoms with Gasteiger partial charge in [0, 0.05) is 11.3 Å². The zero-order valence-electron chi connectivity index (χ0n) is 9.57. The van der Waals surface area contributed by atoms with Crippen LogP contribution in [-0.4, -0.2) is 11.7 Å². The number of carbonyl (C=O) groups is 2. The average Bonchev–Trinajstić information content (AvgIpc) is 2.76. The summed E-state index contributed by atoms with van der Waals surface area (Å²) in [5.41, 5.74) is 1.16. The Balaban J connectivity index is 2.16. The van der Waals surface area contributed by atoms with Gasteiger partial charge in [0.15, 0.2) is 5.78 Å². The Labute approximate surface area is 113 Å². The van der Waals surface area contributed by atoms with Crippen molar-refractivity contribution in [2.75, 3.05) is 5.32 Å². The van der Waals surface area contributed by atoms with Gasteiger partial charge in [-0.05, 0) is 31.2 Å². The molecule has 0 bridgehead atoms. The molecule has 0 saturated heterocycles. The molecule has 0 aliphatic rings. The molecule has 0 fully saturated rings. The van der Waals surface area contributed by atoms with Crippen molar-refractivity contribution in [3.63, 3.8) is 0 Å². The number of ketones is 1. The highest BCUT2D eigenvalue weighted by atomic mass is 35.5. The largest absolute Gasteiger partial charge is 0.321 e. The number of benzene rings is 1. The highest BCUT2D eigenvalue weighted by Crippen LogP contribution is 2.22. The standard InChI is InChI=1S/C13H10ClNO2S/c1-8(16)9-3-2-4-10(7-9)15-13(17)11-5-6-12(14)18-11/h2-7H,1H3,(H,15,17). The topological polar surface area (TPSA) is 46.2 Å². The van der Waals surface area contributed by atoms with Crippen LogP contribution < -0.4 is 5.32 Å². The van der Waals surface area contributed by atoms with Crippen molar-refractivity contribution in [1.82, 2.24) is 0 Å². The van der Waals surface area contributed by atoms with E-state index in [9.17, 15) is 9.59 Å². The molecule has 0 atom stereocenters. The number of hydrogen-bond donors (Lipinski definition) is 1. The van der Waals surface area contributed by atoms with Crippen molar-refractivity contribution in [3.05, 3.63) is 51.2 Å². The molecule has 1 aromatic carbocycles. The summed E-state index contributed by atoms with van der Waals surface area (Å²) in [6, 6.07) is 10.2. The summed E-state index contributed by atoms with van der Waals surface area (Å²) in [5.74, 6) is -0.266. The van der Waals surface area contributed by atoms with E-state index in [2.05, 4.69) is 5.32 Å². The molecule has 92 valence electrons. The predicted octanol–water partition coefficient (Wildman–Crippen LogP) is 3.86. The van der Waals surface area contributed by atoms with Crippen molar-refractivity contribution < 1.29 is 9.59 Å². The lowest BCUT2D eigenvalue weighted by Gasteiger charge is -2.04. The summed E-state index contributed by atoms with van der Waals surface area (Å²) in [4.78, 5) is 23.6. The van der Waals surface area contributed by atoms with E-state index in [4.69, 9.17) is 11.6 Å². The van der Waals surface area contributed by atoms with E-state index in [1.807, 2.05) is 0 Å². The molecule has 1 aromatic heterocycles. The maximum Gasteiger partial charge on any atom is 0.265 e. The van der Waals surface area contributed by atoms with E-state index < -0.39 is 0 Å². The zero-order valence-corrected chi connectivity index (χ0v) is 11.1. The van der Waals surface area contributed by atoms with Crippen LogP contribution in [0.2, 0.25) is 4.34 Å². The van der Waals surface area contributed by atoms with Gasteiger partial charge < -0.3 is 5.32 Å². The normalized spacial score (nSPS) is 10.1. The molecule has 18 heavy (non-hydrogen) atoms. The van der Waals surface area contributed by atoms with Gasteiger partial charge in [-0.2, -0.15) is 0 Å². The van der Waals surface area contributed by atoms with Gasteiger partial charge in [0.05, 0.1) is 9.21 Å². The minimum atomic E-state index is -0.229. The highest BCUT2D eigenvalue weighted by molar-refractivity contribution is 7.18. The molecule has 1 N–H and O–H groups in total. The van der Waals surface area contributed by atoms with E-state index in [0.717, 1.165) is 0 Å². The van der Waals surface area contributed by atoms with Crippen molar-refractivity contribution in [3.8, 4) is 0 Å². The number of carbonyl (C=O) groups excluding carboxylic acids is 2. The lowest BCUT2D eigenvalue weighted by atomic mass is 10.1. The number of thiophene rings is 1. The number of hydrogen-bond acceptors (Lipinski definition) is 3. The number of anilines is 1. The van der Waals surface area contributed by atoms with Crippen molar-refractivity contribution in [2.45, 2.75) is 6.92 Å². The molecule has 0 aliphatic heterocycles. The molecule has 0 unspecified atom stereocenters. The Bertz CT molecular complexity index is 607. The van der Waals surface area contributed by atoms with E-state index in [0.29, 0.717) is 20.5 Å². The van der Waals surface area contributed by atoms with Gasteiger partial charge in [0.25, 0.3) is 5.91 Å². The van der Waals surface area contributed by atoms with Crippen molar-refractivity contribution >= 4 is 40.3 Å². The Morgan fingerprint density at radius 2 is 2.00 bits per heavy atom. The maximum atomic E-state index is 11.9. The van der Waals surface area contributed by atoms with E-state index >= 15 is 0 Å². The lowest BCUT2D eigenvalue weighted by Crippen LogP contribution is -2.10. The third-order valence-corrected chi connectivity index (χ3v) is 3.55. The van der Waals surface area contributed by atoms with Gasteiger partial charge in [-0.15, -0.1) is 11.3 Å². The molecular weight excluding hydrogens is 270 g/mol. The second kappa shape index (κ2) is 5.33. The second-order valence-electron chi connectivity index (χ2n) is 3.69. The Morgan fingerprint density at radius 1 is 1.22 bits per heavy atom. The summed E-state index contributed by atoms with van der Waals surface area (Å²) in [5, 5.41) is 2.73. The van der Waals surface area contributed by atoms with Crippen LogP contribution in [0.5, 0.6) is 0 Å². The number of amides is 1. The summed E-state index contributed by atoms with van der Waals surface area (Å²) in [6.45, 7) is 1.49. The second-order valence-corrected chi connectivity index (χ2v) is 5.41. The van der Waals surface area contributed by atoms with Gasteiger partial charge in [0.2, 0.25) is 0 Å². The molecule has 0 spiro atoms.